The maximum atomic E-state index is 13.4. The topological polar surface area (TPSA) is 81.9 Å². The van der Waals surface area contributed by atoms with Gasteiger partial charge >= 0.3 is 0 Å². The minimum Gasteiger partial charge on any atom is -0.497 e. The summed E-state index contributed by atoms with van der Waals surface area (Å²) in [5.41, 5.74) is 6.83. The van der Waals surface area contributed by atoms with Gasteiger partial charge in [-0.15, -0.1) is 10.2 Å². The van der Waals surface area contributed by atoms with Gasteiger partial charge < -0.3 is 14.6 Å². The smallest absolute Gasteiger partial charge is 0.226 e. The van der Waals surface area contributed by atoms with E-state index in [1.807, 2.05) is 36.4 Å². The van der Waals surface area contributed by atoms with Crippen LogP contribution in [0, 0.1) is 0 Å². The van der Waals surface area contributed by atoms with Gasteiger partial charge in [0, 0.05) is 24.7 Å². The number of nitrogens with zero attached hydrogens (tertiary/aromatic N) is 4. The predicted octanol–water partition coefficient (Wildman–Crippen LogP) is 5.95. The number of hydrogen-bond donors (Lipinski definition) is 1. The molecule has 0 aliphatic heterocycles. The first-order chi connectivity index (χ1) is 21.2. The first-order valence-corrected chi connectivity index (χ1v) is 14.7. The molecule has 43 heavy (non-hydrogen) atoms. The zero-order chi connectivity index (χ0) is 29.4. The summed E-state index contributed by atoms with van der Waals surface area (Å²) in [5, 5.41) is 12.8. The second-order valence-corrected chi connectivity index (χ2v) is 10.8. The highest BCUT2D eigenvalue weighted by molar-refractivity contribution is 5.79. The van der Waals surface area contributed by atoms with Crippen molar-refractivity contribution in [1.29, 1.82) is 0 Å². The third-order valence-electron chi connectivity index (χ3n) is 7.91. The third kappa shape index (κ3) is 6.89. The van der Waals surface area contributed by atoms with Gasteiger partial charge in [0.15, 0.2) is 5.82 Å². The zero-order valence-electron chi connectivity index (χ0n) is 24.3. The Balaban J connectivity index is 1.34. The number of amides is 1. The van der Waals surface area contributed by atoms with Gasteiger partial charge in [-0.05, 0) is 64.9 Å². The fraction of sp³-hybridized carbons (Fsp3) is 0.222. The summed E-state index contributed by atoms with van der Waals surface area (Å²) in [7, 11) is 1.67. The molecule has 5 aromatic rings. The van der Waals surface area contributed by atoms with E-state index in [2.05, 4.69) is 81.6 Å². The van der Waals surface area contributed by atoms with E-state index < -0.39 is 0 Å². The predicted molar refractivity (Wildman–Crippen MR) is 168 cm³/mol. The number of ether oxygens (including phenoxy) is 1. The quantitative estimate of drug-likeness (QED) is 0.201. The Morgan fingerprint density at radius 2 is 1.67 bits per heavy atom. The number of aryl methyl sites for hydroxylation is 2. The molecule has 0 saturated heterocycles. The number of carbonyl (C=O) groups is 1. The lowest BCUT2D eigenvalue weighted by atomic mass is 9.99. The van der Waals surface area contributed by atoms with Crippen molar-refractivity contribution in [3.8, 4) is 5.75 Å². The molecule has 2 heterocycles. The number of fused-ring (bicyclic) bond motifs is 1. The van der Waals surface area contributed by atoms with Crippen molar-refractivity contribution in [3.63, 3.8) is 0 Å². The minimum absolute atomic E-state index is 0.0968. The number of carbonyl (C=O) groups excluding carboxylic acids is 1. The molecule has 1 aliphatic rings. The van der Waals surface area contributed by atoms with Gasteiger partial charge in [-0.3, -0.25) is 9.78 Å². The number of rotatable bonds is 12. The summed E-state index contributed by atoms with van der Waals surface area (Å²) >= 11 is 0. The van der Waals surface area contributed by atoms with Crippen LogP contribution in [0.5, 0.6) is 5.75 Å². The Kier molecular flexibility index (Phi) is 8.69. The first kappa shape index (κ1) is 28.1. The largest absolute Gasteiger partial charge is 0.497 e. The van der Waals surface area contributed by atoms with E-state index in [1.54, 1.807) is 13.3 Å². The molecule has 7 heteroatoms. The van der Waals surface area contributed by atoms with Crippen molar-refractivity contribution in [3.05, 3.63) is 149 Å². The molecule has 0 fully saturated rings. The molecule has 6 rings (SSSR count). The number of benzene rings is 3. The fourth-order valence-corrected chi connectivity index (χ4v) is 5.67. The van der Waals surface area contributed by atoms with Crippen LogP contribution in [0.15, 0.2) is 109 Å². The molecule has 1 amide bonds. The number of aromatic nitrogens is 4. The van der Waals surface area contributed by atoms with Crippen LogP contribution in [0.25, 0.3) is 5.57 Å². The Hall–Kier alpha value is -5.04. The second kappa shape index (κ2) is 13.3. The lowest BCUT2D eigenvalue weighted by Crippen LogP contribution is -2.32. The molecule has 1 aliphatic carbocycles. The summed E-state index contributed by atoms with van der Waals surface area (Å²) in [6, 6.07) is 32.2. The SMILES string of the molecule is COc1ccc(Cn2c(CCc3ccccc3)nnc2[C@@H](CC2=CCc3ccccc32)NC(=O)Cc2ccccn2)cc1. The highest BCUT2D eigenvalue weighted by atomic mass is 16.5. The molecule has 1 N–H and O–H groups in total. The molecular weight excluding hydrogens is 534 g/mol. The molecule has 0 bridgehead atoms. The van der Waals surface area contributed by atoms with E-state index in [0.717, 1.165) is 47.9 Å². The highest BCUT2D eigenvalue weighted by Crippen LogP contribution is 2.34. The van der Waals surface area contributed by atoms with Gasteiger partial charge in [0.25, 0.3) is 0 Å². The van der Waals surface area contributed by atoms with Crippen molar-refractivity contribution < 1.29 is 9.53 Å². The highest BCUT2D eigenvalue weighted by Gasteiger charge is 2.27. The molecule has 0 saturated carbocycles. The van der Waals surface area contributed by atoms with E-state index in [9.17, 15) is 4.79 Å². The standard InChI is InChI=1S/C36H35N5O2/c1-43-31-19-14-27(15-20-31)25-41-34(21-16-26-9-3-2-4-10-26)39-40-36(41)33(38-35(42)24-30-12-7-8-22-37-30)23-29-18-17-28-11-5-6-13-32(28)29/h2-15,18-20,22,33H,16-17,21,23-25H2,1H3,(H,38,42)/t33-/m1/s1. The summed E-state index contributed by atoms with van der Waals surface area (Å²) < 4.78 is 7.56. The summed E-state index contributed by atoms with van der Waals surface area (Å²) in [5.74, 6) is 2.35. The van der Waals surface area contributed by atoms with Crippen LogP contribution in [0.2, 0.25) is 0 Å². The van der Waals surface area contributed by atoms with Crippen LogP contribution >= 0.6 is 0 Å². The van der Waals surface area contributed by atoms with E-state index in [0.29, 0.717) is 13.0 Å². The number of pyridine rings is 1. The van der Waals surface area contributed by atoms with Gasteiger partial charge in [-0.2, -0.15) is 0 Å². The Morgan fingerprint density at radius 1 is 0.884 bits per heavy atom. The van der Waals surface area contributed by atoms with Gasteiger partial charge in [0.05, 0.1) is 26.1 Å². The van der Waals surface area contributed by atoms with Gasteiger partial charge in [-0.1, -0.05) is 78.9 Å². The molecule has 0 radical (unpaired) electrons. The summed E-state index contributed by atoms with van der Waals surface area (Å²) in [6.07, 6.45) is 7.25. The molecule has 1 atom stereocenters. The number of hydrogen-bond acceptors (Lipinski definition) is 5. The lowest BCUT2D eigenvalue weighted by molar-refractivity contribution is -0.121. The van der Waals surface area contributed by atoms with Crippen LogP contribution in [-0.2, 0) is 37.0 Å². The third-order valence-corrected chi connectivity index (χ3v) is 7.91. The molecule has 0 unspecified atom stereocenters. The average Bonchev–Trinajstić information content (AvgIpc) is 3.64. The lowest BCUT2D eigenvalue weighted by Gasteiger charge is -2.21. The molecular formula is C36H35N5O2. The normalized spacial score (nSPS) is 12.8. The zero-order valence-corrected chi connectivity index (χ0v) is 24.3. The van der Waals surface area contributed by atoms with Crippen molar-refractivity contribution in [2.75, 3.05) is 7.11 Å². The van der Waals surface area contributed by atoms with Gasteiger partial charge in [0.1, 0.15) is 11.6 Å². The Morgan fingerprint density at radius 3 is 2.47 bits per heavy atom. The second-order valence-electron chi connectivity index (χ2n) is 10.8. The first-order valence-electron chi connectivity index (χ1n) is 14.7. The van der Waals surface area contributed by atoms with Crippen LogP contribution < -0.4 is 10.1 Å². The van der Waals surface area contributed by atoms with Crippen molar-refractivity contribution >= 4 is 11.5 Å². The summed E-state index contributed by atoms with van der Waals surface area (Å²) in [6.45, 7) is 0.582. The van der Waals surface area contributed by atoms with Crippen molar-refractivity contribution in [1.82, 2.24) is 25.1 Å². The Labute approximate surface area is 252 Å². The maximum absolute atomic E-state index is 13.4. The van der Waals surface area contributed by atoms with E-state index >= 15 is 0 Å². The van der Waals surface area contributed by atoms with Crippen LogP contribution in [-0.4, -0.2) is 32.8 Å². The van der Waals surface area contributed by atoms with E-state index in [4.69, 9.17) is 14.9 Å². The number of nitrogens with one attached hydrogen (secondary N) is 1. The van der Waals surface area contributed by atoms with Crippen molar-refractivity contribution in [2.45, 2.75) is 44.7 Å². The van der Waals surface area contributed by atoms with Gasteiger partial charge in [0.2, 0.25) is 5.91 Å². The number of allylic oxidation sites excluding steroid dienone is 1. The fourth-order valence-electron chi connectivity index (χ4n) is 5.67. The molecule has 2 aromatic heterocycles. The van der Waals surface area contributed by atoms with Gasteiger partial charge in [-0.25, -0.2) is 0 Å². The molecule has 0 spiro atoms. The molecule has 216 valence electrons. The van der Waals surface area contributed by atoms with E-state index in [-0.39, 0.29) is 18.4 Å². The Bertz CT molecular complexity index is 1700. The summed E-state index contributed by atoms with van der Waals surface area (Å²) in [4.78, 5) is 17.8. The maximum Gasteiger partial charge on any atom is 0.226 e. The average molecular weight is 570 g/mol. The molecule has 7 nitrogen and oxygen atoms in total. The van der Waals surface area contributed by atoms with Crippen LogP contribution in [0.3, 0.4) is 0 Å². The van der Waals surface area contributed by atoms with Crippen LogP contribution in [0.1, 0.15) is 52.1 Å². The number of methoxy groups -OCH3 is 1. The van der Waals surface area contributed by atoms with Crippen molar-refractivity contribution in [2.24, 2.45) is 0 Å². The van der Waals surface area contributed by atoms with E-state index in [1.165, 1.54) is 22.3 Å². The van der Waals surface area contributed by atoms with Crippen LogP contribution in [0.4, 0.5) is 0 Å². The minimum atomic E-state index is -0.371. The molecule has 3 aromatic carbocycles. The monoisotopic (exact) mass is 569 g/mol.